The number of benzene rings is 1. The molecule has 3 fully saturated rings. The first kappa shape index (κ1) is 24.4. The fraction of sp³-hybridized carbons (Fsp3) is 0.583. The topological polar surface area (TPSA) is 96.9 Å². The van der Waals surface area contributed by atoms with E-state index in [9.17, 15) is 12.8 Å². The Kier molecular flexibility index (Phi) is 6.69. The molecule has 1 spiro atoms. The Balaban J connectivity index is 1.26. The molecule has 0 atom stereocenters. The van der Waals surface area contributed by atoms with E-state index >= 15 is 0 Å². The van der Waals surface area contributed by atoms with Gasteiger partial charge in [-0.05, 0) is 50.8 Å². The standard InChI is InChI=1S/C24H32FN5O4S/c1-17(2)28-35(31,32)22-9-19(25)3-4-20(22)34-21-10-26-16-27-23(21)30-14-24(15-30)12-29(13-24)11-18-5-7-33-8-6-18/h3-4,9-10,16-18,28H,5-8,11-15H2,1-2H3. The predicted molar refractivity (Wildman–Crippen MR) is 129 cm³/mol. The first-order chi connectivity index (χ1) is 16.7. The molecule has 0 saturated carbocycles. The molecule has 4 heterocycles. The van der Waals surface area contributed by atoms with E-state index in [1.165, 1.54) is 24.7 Å². The predicted octanol–water partition coefficient (Wildman–Crippen LogP) is 2.64. The summed E-state index contributed by atoms with van der Waals surface area (Å²) in [6.07, 6.45) is 5.26. The van der Waals surface area contributed by atoms with Crippen molar-refractivity contribution in [3.63, 3.8) is 0 Å². The number of aromatic nitrogens is 2. The van der Waals surface area contributed by atoms with Crippen molar-refractivity contribution in [2.24, 2.45) is 11.3 Å². The van der Waals surface area contributed by atoms with E-state index in [1.807, 2.05) is 0 Å². The van der Waals surface area contributed by atoms with Crippen molar-refractivity contribution in [2.45, 2.75) is 37.6 Å². The minimum absolute atomic E-state index is 0.0251. The average molecular weight is 506 g/mol. The Morgan fingerprint density at radius 3 is 2.66 bits per heavy atom. The second-order valence-corrected chi connectivity index (χ2v) is 11.9. The van der Waals surface area contributed by atoms with Gasteiger partial charge in [-0.15, -0.1) is 0 Å². The number of hydrogen-bond acceptors (Lipinski definition) is 8. The van der Waals surface area contributed by atoms with Crippen LogP contribution in [0.3, 0.4) is 0 Å². The molecule has 190 valence electrons. The number of halogens is 1. The van der Waals surface area contributed by atoms with E-state index < -0.39 is 15.8 Å². The third kappa shape index (κ3) is 5.28. The van der Waals surface area contributed by atoms with Crippen molar-refractivity contribution >= 4 is 15.8 Å². The minimum Gasteiger partial charge on any atom is -0.450 e. The van der Waals surface area contributed by atoms with Gasteiger partial charge in [0.25, 0.3) is 0 Å². The van der Waals surface area contributed by atoms with E-state index in [4.69, 9.17) is 9.47 Å². The molecule has 0 unspecified atom stereocenters. The highest BCUT2D eigenvalue weighted by Gasteiger charge is 2.52. The maximum absolute atomic E-state index is 13.9. The van der Waals surface area contributed by atoms with Crippen molar-refractivity contribution in [1.82, 2.24) is 19.6 Å². The summed E-state index contributed by atoms with van der Waals surface area (Å²) in [5, 5.41) is 0. The number of likely N-dealkylation sites (tertiary alicyclic amines) is 1. The summed E-state index contributed by atoms with van der Waals surface area (Å²) < 4.78 is 53.5. The number of nitrogens with zero attached hydrogens (tertiary/aromatic N) is 4. The molecule has 3 saturated heterocycles. The zero-order valence-corrected chi connectivity index (χ0v) is 20.9. The second kappa shape index (κ2) is 9.61. The maximum atomic E-state index is 13.9. The van der Waals surface area contributed by atoms with E-state index in [0.29, 0.717) is 11.6 Å². The highest BCUT2D eigenvalue weighted by molar-refractivity contribution is 7.89. The van der Waals surface area contributed by atoms with Gasteiger partial charge in [-0.25, -0.2) is 27.5 Å². The van der Waals surface area contributed by atoms with Gasteiger partial charge < -0.3 is 19.3 Å². The van der Waals surface area contributed by atoms with Gasteiger partial charge in [0.05, 0.1) is 6.20 Å². The first-order valence-corrected chi connectivity index (χ1v) is 13.6. The van der Waals surface area contributed by atoms with Gasteiger partial charge in [-0.1, -0.05) is 0 Å². The van der Waals surface area contributed by atoms with Gasteiger partial charge in [0.2, 0.25) is 10.0 Å². The molecule has 0 amide bonds. The van der Waals surface area contributed by atoms with E-state index in [0.717, 1.165) is 70.8 Å². The number of nitrogens with one attached hydrogen (secondary N) is 1. The van der Waals surface area contributed by atoms with Crippen LogP contribution >= 0.6 is 0 Å². The molecule has 1 N–H and O–H groups in total. The van der Waals surface area contributed by atoms with Gasteiger partial charge in [-0.3, -0.25) is 0 Å². The van der Waals surface area contributed by atoms with E-state index in [2.05, 4.69) is 24.5 Å². The molecule has 0 aliphatic carbocycles. The molecule has 3 aliphatic heterocycles. The monoisotopic (exact) mass is 505 g/mol. The summed E-state index contributed by atoms with van der Waals surface area (Å²) in [5.74, 6) is 1.04. The Morgan fingerprint density at radius 2 is 1.94 bits per heavy atom. The second-order valence-electron chi connectivity index (χ2n) is 10.3. The number of ether oxygens (including phenoxy) is 2. The van der Waals surface area contributed by atoms with E-state index in [1.54, 1.807) is 13.8 Å². The molecule has 1 aromatic heterocycles. The highest BCUT2D eigenvalue weighted by Crippen LogP contribution is 2.44. The molecule has 9 nitrogen and oxygen atoms in total. The van der Waals surface area contributed by atoms with Crippen LogP contribution in [-0.2, 0) is 14.8 Å². The average Bonchev–Trinajstić information content (AvgIpc) is 2.76. The summed E-state index contributed by atoms with van der Waals surface area (Å²) in [5.41, 5.74) is 0.263. The number of hydrogen-bond donors (Lipinski definition) is 1. The SMILES string of the molecule is CC(C)NS(=O)(=O)c1cc(F)ccc1Oc1cncnc1N1CC2(CN(CC3CCOCC3)C2)C1. The minimum atomic E-state index is -3.97. The molecule has 0 radical (unpaired) electrons. The third-order valence-electron chi connectivity index (χ3n) is 6.79. The zero-order chi connectivity index (χ0) is 24.6. The zero-order valence-electron chi connectivity index (χ0n) is 20.1. The molecule has 35 heavy (non-hydrogen) atoms. The van der Waals surface area contributed by atoms with Crippen LogP contribution < -0.4 is 14.4 Å². The van der Waals surface area contributed by atoms with Crippen molar-refractivity contribution < 1.29 is 22.3 Å². The quantitative estimate of drug-likeness (QED) is 0.585. The Bertz CT molecular complexity index is 1160. The normalized spacial score (nSPS) is 20.6. The van der Waals surface area contributed by atoms with Crippen LogP contribution in [-0.4, -0.2) is 75.3 Å². The third-order valence-corrected chi connectivity index (χ3v) is 8.47. The van der Waals surface area contributed by atoms with Crippen molar-refractivity contribution in [1.29, 1.82) is 0 Å². The van der Waals surface area contributed by atoms with Crippen LogP contribution in [0.5, 0.6) is 11.5 Å². The molecule has 0 bridgehead atoms. The van der Waals surface area contributed by atoms with Gasteiger partial charge >= 0.3 is 0 Å². The summed E-state index contributed by atoms with van der Waals surface area (Å²) in [4.78, 5) is 12.9. The van der Waals surface area contributed by atoms with Crippen LogP contribution in [0.25, 0.3) is 0 Å². The smallest absolute Gasteiger partial charge is 0.244 e. The van der Waals surface area contributed by atoms with Crippen LogP contribution in [0.2, 0.25) is 0 Å². The fourth-order valence-corrected chi connectivity index (χ4v) is 6.72. The lowest BCUT2D eigenvalue weighted by atomic mass is 9.72. The van der Waals surface area contributed by atoms with Crippen molar-refractivity contribution in [2.75, 3.05) is 50.8 Å². The highest BCUT2D eigenvalue weighted by atomic mass is 32.2. The lowest BCUT2D eigenvalue weighted by molar-refractivity contribution is -0.0430. The number of sulfonamides is 1. The summed E-state index contributed by atoms with van der Waals surface area (Å²) in [6, 6.07) is 3.10. The number of rotatable bonds is 8. The van der Waals surface area contributed by atoms with Crippen LogP contribution in [0.4, 0.5) is 10.2 Å². The molecule has 3 aliphatic rings. The fourth-order valence-electron chi connectivity index (χ4n) is 5.33. The van der Waals surface area contributed by atoms with Gasteiger partial charge in [0.1, 0.15) is 22.8 Å². The summed E-state index contributed by atoms with van der Waals surface area (Å²) in [6.45, 7) is 10.1. The van der Waals surface area contributed by atoms with Crippen molar-refractivity contribution in [3.8, 4) is 11.5 Å². The van der Waals surface area contributed by atoms with Gasteiger partial charge in [0, 0.05) is 57.4 Å². The van der Waals surface area contributed by atoms with Crippen molar-refractivity contribution in [3.05, 3.63) is 36.5 Å². The van der Waals surface area contributed by atoms with E-state index in [-0.39, 0.29) is 22.1 Å². The molecule has 1 aromatic carbocycles. The molecule has 2 aromatic rings. The summed E-state index contributed by atoms with van der Waals surface area (Å²) in [7, 11) is -3.97. The molecular weight excluding hydrogens is 473 g/mol. The van der Waals surface area contributed by atoms with Crippen LogP contribution in [0.15, 0.2) is 35.6 Å². The van der Waals surface area contributed by atoms with Crippen LogP contribution in [0.1, 0.15) is 26.7 Å². The first-order valence-electron chi connectivity index (χ1n) is 12.1. The Labute approximate surface area is 205 Å². The van der Waals surface area contributed by atoms with Gasteiger partial charge in [0.15, 0.2) is 11.6 Å². The lowest BCUT2D eigenvalue weighted by Crippen LogP contribution is -2.72. The summed E-state index contributed by atoms with van der Waals surface area (Å²) >= 11 is 0. The van der Waals surface area contributed by atoms with Crippen LogP contribution in [0, 0.1) is 17.2 Å². The maximum Gasteiger partial charge on any atom is 0.244 e. The number of anilines is 1. The molecular formula is C24H32FN5O4S. The largest absolute Gasteiger partial charge is 0.450 e. The van der Waals surface area contributed by atoms with Gasteiger partial charge in [-0.2, -0.15) is 0 Å². The molecule has 11 heteroatoms. The lowest BCUT2D eigenvalue weighted by Gasteiger charge is -2.61. The Morgan fingerprint density at radius 1 is 1.20 bits per heavy atom. The Hall–Kier alpha value is -2.34. The molecule has 5 rings (SSSR count).